The summed E-state index contributed by atoms with van der Waals surface area (Å²) in [6.07, 6.45) is 0.292. The number of carbonyl (C=O) groups excluding carboxylic acids is 1. The van der Waals surface area contributed by atoms with Crippen molar-refractivity contribution >= 4 is 11.7 Å². The van der Waals surface area contributed by atoms with Crippen LogP contribution in [0, 0.1) is 0 Å². The number of nitrogens with zero attached hydrogens (tertiary/aromatic N) is 1. The maximum absolute atomic E-state index is 11.8. The highest BCUT2D eigenvalue weighted by Crippen LogP contribution is 2.29. The molecule has 0 spiro atoms. The first-order valence-corrected chi connectivity index (χ1v) is 8.21. The highest BCUT2D eigenvalue weighted by Gasteiger charge is 2.18. The predicted octanol–water partition coefficient (Wildman–Crippen LogP) is 2.21. The zero-order valence-corrected chi connectivity index (χ0v) is 13.8. The number of nitrogens with one attached hydrogen (secondary N) is 2. The van der Waals surface area contributed by atoms with Gasteiger partial charge in [0.25, 0.3) is 0 Å². The van der Waals surface area contributed by atoms with Gasteiger partial charge >= 0.3 is 6.03 Å². The second-order valence-corrected chi connectivity index (χ2v) is 6.12. The van der Waals surface area contributed by atoms with Crippen molar-refractivity contribution in [2.45, 2.75) is 19.1 Å². The van der Waals surface area contributed by atoms with Gasteiger partial charge in [0.1, 0.15) is 0 Å². The minimum absolute atomic E-state index is 0.190. The molecule has 1 unspecified atom stereocenters. The molecule has 0 radical (unpaired) electrons. The molecule has 3 rings (SSSR count). The number of fused-ring (bicyclic) bond motifs is 1. The first kappa shape index (κ1) is 16.3. The summed E-state index contributed by atoms with van der Waals surface area (Å²) in [5, 5.41) is 15.8. The second-order valence-electron chi connectivity index (χ2n) is 6.12. The van der Waals surface area contributed by atoms with E-state index in [4.69, 9.17) is 0 Å². The Morgan fingerprint density at radius 3 is 2.79 bits per heavy atom. The molecule has 126 valence electrons. The zero-order valence-electron chi connectivity index (χ0n) is 13.8. The smallest absolute Gasteiger partial charge is 0.315 e. The molecule has 5 heteroatoms. The van der Waals surface area contributed by atoms with Gasteiger partial charge in [0, 0.05) is 32.4 Å². The van der Waals surface area contributed by atoms with Crippen LogP contribution in [0.3, 0.4) is 0 Å². The van der Waals surface area contributed by atoms with E-state index in [2.05, 4.69) is 22.6 Å². The van der Waals surface area contributed by atoms with Crippen LogP contribution in [0.15, 0.2) is 48.5 Å². The van der Waals surface area contributed by atoms with E-state index in [9.17, 15) is 9.90 Å². The van der Waals surface area contributed by atoms with Crippen LogP contribution >= 0.6 is 0 Å². The van der Waals surface area contributed by atoms with Gasteiger partial charge in [-0.1, -0.05) is 42.5 Å². The number of aliphatic hydroxyl groups excluding tert-OH is 1. The van der Waals surface area contributed by atoms with Gasteiger partial charge in [-0.3, -0.25) is 0 Å². The highest BCUT2D eigenvalue weighted by molar-refractivity contribution is 5.73. The van der Waals surface area contributed by atoms with Crippen molar-refractivity contribution in [3.8, 4) is 0 Å². The van der Waals surface area contributed by atoms with Crippen molar-refractivity contribution in [2.24, 2.45) is 0 Å². The summed E-state index contributed by atoms with van der Waals surface area (Å²) in [6.45, 7) is 1.66. The van der Waals surface area contributed by atoms with E-state index in [1.165, 1.54) is 11.3 Å². The third-order valence-electron chi connectivity index (χ3n) is 4.37. The van der Waals surface area contributed by atoms with Gasteiger partial charge in [-0.2, -0.15) is 0 Å². The Morgan fingerprint density at radius 2 is 2.00 bits per heavy atom. The molecule has 0 fully saturated rings. The lowest BCUT2D eigenvalue weighted by Crippen LogP contribution is -2.37. The maximum atomic E-state index is 11.8. The summed E-state index contributed by atoms with van der Waals surface area (Å²) < 4.78 is 0. The van der Waals surface area contributed by atoms with Crippen molar-refractivity contribution < 1.29 is 9.90 Å². The summed E-state index contributed by atoms with van der Waals surface area (Å²) >= 11 is 0. The van der Waals surface area contributed by atoms with Crippen LogP contribution in [0.4, 0.5) is 10.5 Å². The van der Waals surface area contributed by atoms with Crippen LogP contribution < -0.4 is 15.5 Å². The van der Waals surface area contributed by atoms with Crippen molar-refractivity contribution in [2.75, 3.05) is 25.0 Å². The van der Waals surface area contributed by atoms with Crippen LogP contribution in [-0.4, -0.2) is 31.3 Å². The fourth-order valence-electron chi connectivity index (χ4n) is 2.94. The molecule has 3 N–H and O–H groups in total. The van der Waals surface area contributed by atoms with Crippen LogP contribution in [0.5, 0.6) is 0 Å². The highest BCUT2D eigenvalue weighted by atomic mass is 16.3. The molecule has 0 aromatic heterocycles. The fourth-order valence-corrected chi connectivity index (χ4v) is 2.94. The Balaban J connectivity index is 1.48. The van der Waals surface area contributed by atoms with Crippen molar-refractivity contribution in [1.29, 1.82) is 0 Å². The van der Waals surface area contributed by atoms with Gasteiger partial charge in [-0.05, 0) is 29.2 Å². The number of amides is 2. The number of urea groups is 1. The SMILES string of the molecule is CN1CCc2cc(C(O)CNC(=O)NCc3ccccc3)ccc21. The van der Waals surface area contributed by atoms with Gasteiger partial charge in [0.2, 0.25) is 0 Å². The monoisotopic (exact) mass is 325 g/mol. The lowest BCUT2D eigenvalue weighted by Gasteiger charge is -2.16. The maximum Gasteiger partial charge on any atom is 0.315 e. The Bertz CT molecular complexity index is 703. The minimum atomic E-state index is -0.705. The Kier molecular flexibility index (Phi) is 5.01. The Morgan fingerprint density at radius 1 is 1.21 bits per heavy atom. The molecule has 1 aliphatic heterocycles. The zero-order chi connectivity index (χ0) is 16.9. The van der Waals surface area contributed by atoms with Crippen LogP contribution in [-0.2, 0) is 13.0 Å². The summed E-state index contributed by atoms with van der Waals surface area (Å²) in [7, 11) is 2.07. The first-order chi connectivity index (χ1) is 11.6. The normalized spacial score (nSPS) is 14.2. The topological polar surface area (TPSA) is 64.6 Å². The van der Waals surface area contributed by atoms with Crippen molar-refractivity contribution in [3.63, 3.8) is 0 Å². The molecule has 1 heterocycles. The molecule has 5 nitrogen and oxygen atoms in total. The molecule has 2 aromatic carbocycles. The number of carbonyl (C=O) groups is 1. The molecule has 2 amide bonds. The minimum Gasteiger partial charge on any atom is -0.387 e. The summed E-state index contributed by atoms with van der Waals surface area (Å²) in [4.78, 5) is 14.1. The molecule has 2 aromatic rings. The molecule has 0 bridgehead atoms. The average molecular weight is 325 g/mol. The van der Waals surface area contributed by atoms with E-state index in [0.717, 1.165) is 24.1 Å². The average Bonchev–Trinajstić information content (AvgIpc) is 2.99. The third kappa shape index (κ3) is 3.86. The lowest BCUT2D eigenvalue weighted by atomic mass is 10.0. The van der Waals surface area contributed by atoms with Gasteiger partial charge in [-0.15, -0.1) is 0 Å². The van der Waals surface area contributed by atoms with Gasteiger partial charge < -0.3 is 20.6 Å². The van der Waals surface area contributed by atoms with Crippen LogP contribution in [0.2, 0.25) is 0 Å². The molecule has 24 heavy (non-hydrogen) atoms. The Hall–Kier alpha value is -2.53. The number of hydrogen-bond donors (Lipinski definition) is 3. The van der Waals surface area contributed by atoms with E-state index in [1.807, 2.05) is 48.5 Å². The van der Waals surface area contributed by atoms with E-state index in [-0.39, 0.29) is 12.6 Å². The predicted molar refractivity (Wildman–Crippen MR) is 95.1 cm³/mol. The molecule has 0 saturated carbocycles. The van der Waals surface area contributed by atoms with E-state index in [0.29, 0.717) is 6.54 Å². The van der Waals surface area contributed by atoms with E-state index >= 15 is 0 Å². The van der Waals surface area contributed by atoms with E-state index < -0.39 is 6.10 Å². The standard InChI is InChI=1S/C19H23N3O2/c1-22-10-9-15-11-16(7-8-17(15)22)18(23)13-21-19(24)20-12-14-5-3-2-4-6-14/h2-8,11,18,23H,9-10,12-13H2,1H3,(H2,20,21,24). The van der Waals surface area contributed by atoms with Gasteiger partial charge in [0.15, 0.2) is 0 Å². The fraction of sp³-hybridized carbons (Fsp3) is 0.316. The van der Waals surface area contributed by atoms with E-state index in [1.54, 1.807) is 0 Å². The number of likely N-dealkylation sites (N-methyl/N-ethyl adjacent to an activating group) is 1. The first-order valence-electron chi connectivity index (χ1n) is 8.21. The number of aliphatic hydroxyl groups is 1. The molecule has 0 aliphatic carbocycles. The molecule has 1 atom stereocenters. The second kappa shape index (κ2) is 7.36. The number of anilines is 1. The largest absolute Gasteiger partial charge is 0.387 e. The number of rotatable bonds is 5. The molecule has 0 saturated heterocycles. The van der Waals surface area contributed by atoms with Gasteiger partial charge in [-0.25, -0.2) is 4.79 Å². The number of hydrogen-bond acceptors (Lipinski definition) is 3. The van der Waals surface area contributed by atoms with Crippen LogP contribution in [0.25, 0.3) is 0 Å². The molecular formula is C19H23N3O2. The third-order valence-corrected chi connectivity index (χ3v) is 4.37. The molecule has 1 aliphatic rings. The van der Waals surface area contributed by atoms with Crippen molar-refractivity contribution in [1.82, 2.24) is 10.6 Å². The quantitative estimate of drug-likeness (QED) is 0.790. The lowest BCUT2D eigenvalue weighted by molar-refractivity contribution is 0.173. The molecular weight excluding hydrogens is 302 g/mol. The number of benzene rings is 2. The Labute approximate surface area is 142 Å². The van der Waals surface area contributed by atoms with Crippen LogP contribution in [0.1, 0.15) is 22.8 Å². The summed E-state index contributed by atoms with van der Waals surface area (Å²) in [5.41, 5.74) is 4.35. The van der Waals surface area contributed by atoms with Crippen molar-refractivity contribution in [3.05, 3.63) is 65.2 Å². The van der Waals surface area contributed by atoms with Gasteiger partial charge in [0.05, 0.1) is 6.10 Å². The summed E-state index contributed by atoms with van der Waals surface area (Å²) in [6, 6.07) is 15.4. The summed E-state index contributed by atoms with van der Waals surface area (Å²) in [5.74, 6) is 0.